The molecule has 0 amide bonds. The number of unbranched alkanes of at least 4 members (excludes halogenated alkanes) is 1. The number of rotatable bonds is 10. The van der Waals surface area contributed by atoms with Crippen LogP contribution in [0.2, 0.25) is 0 Å². The maximum atomic E-state index is 2.43. The van der Waals surface area contributed by atoms with Crippen molar-refractivity contribution >= 4 is 0 Å². The molecule has 98 valence electrons. The minimum atomic E-state index is 0.878. The van der Waals surface area contributed by atoms with Gasteiger partial charge in [-0.1, -0.05) is 79.6 Å². The first kappa shape index (κ1) is 16.0. The fourth-order valence-corrected chi connectivity index (χ4v) is 2.70. The van der Waals surface area contributed by atoms with Gasteiger partial charge in [0, 0.05) is 0 Å². The molecule has 0 aromatic heterocycles. The lowest BCUT2D eigenvalue weighted by Crippen LogP contribution is -2.07. The van der Waals surface area contributed by atoms with Crippen molar-refractivity contribution in [2.45, 2.75) is 86.0 Å². The molecular formula is C16H34. The molecule has 0 radical (unpaired) electrons. The molecule has 0 aliphatic rings. The van der Waals surface area contributed by atoms with Gasteiger partial charge in [0.05, 0.1) is 0 Å². The van der Waals surface area contributed by atoms with E-state index < -0.39 is 0 Å². The van der Waals surface area contributed by atoms with Gasteiger partial charge in [-0.2, -0.15) is 0 Å². The van der Waals surface area contributed by atoms with Gasteiger partial charge in [-0.25, -0.2) is 0 Å². The van der Waals surface area contributed by atoms with Crippen LogP contribution in [-0.2, 0) is 0 Å². The summed E-state index contributed by atoms with van der Waals surface area (Å²) in [6.45, 7) is 11.8. The fourth-order valence-electron chi connectivity index (χ4n) is 2.70. The summed E-state index contributed by atoms with van der Waals surface area (Å²) in [5, 5.41) is 0. The molecule has 16 heavy (non-hydrogen) atoms. The summed E-state index contributed by atoms with van der Waals surface area (Å²) in [4.78, 5) is 0. The van der Waals surface area contributed by atoms with E-state index in [0.29, 0.717) is 0 Å². The summed E-state index contributed by atoms with van der Waals surface area (Å²) >= 11 is 0. The van der Waals surface area contributed by atoms with Gasteiger partial charge in [0.25, 0.3) is 0 Å². The molecule has 0 saturated carbocycles. The molecule has 2 unspecified atom stereocenters. The molecule has 0 saturated heterocycles. The molecule has 0 aromatic rings. The Morgan fingerprint density at radius 1 is 0.750 bits per heavy atom. The van der Waals surface area contributed by atoms with E-state index in [1.54, 1.807) is 0 Å². The second-order valence-electron chi connectivity index (χ2n) is 6.11. The minimum absolute atomic E-state index is 0.878. The van der Waals surface area contributed by atoms with E-state index in [1.807, 2.05) is 0 Å². The molecule has 0 heteroatoms. The summed E-state index contributed by atoms with van der Waals surface area (Å²) in [6, 6.07) is 0. The fraction of sp³-hybridized carbons (Fsp3) is 1.00. The van der Waals surface area contributed by atoms with Crippen LogP contribution in [0, 0.1) is 17.8 Å². The zero-order valence-corrected chi connectivity index (χ0v) is 12.4. The zero-order chi connectivity index (χ0) is 12.4. The van der Waals surface area contributed by atoms with Crippen molar-refractivity contribution in [1.29, 1.82) is 0 Å². The van der Waals surface area contributed by atoms with Crippen molar-refractivity contribution < 1.29 is 0 Å². The van der Waals surface area contributed by atoms with Crippen molar-refractivity contribution in [3.05, 3.63) is 0 Å². The molecule has 2 atom stereocenters. The normalized spacial score (nSPS) is 15.4. The molecule has 0 heterocycles. The maximum absolute atomic E-state index is 2.43. The average molecular weight is 226 g/mol. The lowest BCUT2D eigenvalue weighted by molar-refractivity contribution is 0.320. The molecular weight excluding hydrogens is 192 g/mol. The van der Waals surface area contributed by atoms with Gasteiger partial charge in [-0.15, -0.1) is 0 Å². The van der Waals surface area contributed by atoms with Crippen LogP contribution in [-0.4, -0.2) is 0 Å². The first-order valence-electron chi connectivity index (χ1n) is 7.60. The highest BCUT2D eigenvalue weighted by molar-refractivity contribution is 4.64. The maximum Gasteiger partial charge on any atom is -0.0412 e. The van der Waals surface area contributed by atoms with Gasteiger partial charge in [-0.05, 0) is 24.2 Å². The van der Waals surface area contributed by atoms with Crippen LogP contribution in [0.15, 0.2) is 0 Å². The summed E-state index contributed by atoms with van der Waals surface area (Å²) in [6.07, 6.45) is 11.4. The SMILES string of the molecule is CCCCC(CCC(C)CCC)CC(C)C. The molecule has 0 fully saturated rings. The second kappa shape index (κ2) is 10.2. The second-order valence-corrected chi connectivity index (χ2v) is 6.11. The smallest absolute Gasteiger partial charge is 0.0412 e. The van der Waals surface area contributed by atoms with Crippen LogP contribution >= 0.6 is 0 Å². The van der Waals surface area contributed by atoms with Crippen molar-refractivity contribution in [1.82, 2.24) is 0 Å². The van der Waals surface area contributed by atoms with Crippen LogP contribution in [0.25, 0.3) is 0 Å². The van der Waals surface area contributed by atoms with E-state index in [4.69, 9.17) is 0 Å². The van der Waals surface area contributed by atoms with E-state index in [1.165, 1.54) is 51.4 Å². The summed E-state index contributed by atoms with van der Waals surface area (Å²) in [7, 11) is 0. The quantitative estimate of drug-likeness (QED) is 0.425. The molecule has 0 bridgehead atoms. The Hall–Kier alpha value is 0. The highest BCUT2D eigenvalue weighted by Gasteiger charge is 2.12. The Morgan fingerprint density at radius 3 is 1.94 bits per heavy atom. The van der Waals surface area contributed by atoms with Crippen molar-refractivity contribution in [2.75, 3.05) is 0 Å². The van der Waals surface area contributed by atoms with Gasteiger partial charge in [0.1, 0.15) is 0 Å². The van der Waals surface area contributed by atoms with E-state index >= 15 is 0 Å². The van der Waals surface area contributed by atoms with Crippen LogP contribution < -0.4 is 0 Å². The predicted octanol–water partition coefficient (Wildman–Crippen LogP) is 6.06. The first-order chi connectivity index (χ1) is 7.60. The average Bonchev–Trinajstić information content (AvgIpc) is 2.22. The molecule has 0 aliphatic heterocycles. The number of hydrogen-bond acceptors (Lipinski definition) is 0. The Bertz CT molecular complexity index is 137. The van der Waals surface area contributed by atoms with E-state index in [-0.39, 0.29) is 0 Å². The molecule has 0 aromatic carbocycles. The first-order valence-corrected chi connectivity index (χ1v) is 7.60. The molecule has 0 aliphatic carbocycles. The summed E-state index contributed by atoms with van der Waals surface area (Å²) < 4.78 is 0. The van der Waals surface area contributed by atoms with Crippen molar-refractivity contribution in [3.8, 4) is 0 Å². The monoisotopic (exact) mass is 226 g/mol. The van der Waals surface area contributed by atoms with E-state index in [0.717, 1.165) is 17.8 Å². The molecule has 0 rings (SSSR count). The minimum Gasteiger partial charge on any atom is -0.0654 e. The van der Waals surface area contributed by atoms with E-state index in [9.17, 15) is 0 Å². The molecule has 0 spiro atoms. The Morgan fingerprint density at radius 2 is 1.44 bits per heavy atom. The zero-order valence-electron chi connectivity index (χ0n) is 12.4. The van der Waals surface area contributed by atoms with Crippen LogP contribution in [0.4, 0.5) is 0 Å². The Balaban J connectivity index is 3.80. The van der Waals surface area contributed by atoms with E-state index in [2.05, 4.69) is 34.6 Å². The third-order valence-corrected chi connectivity index (χ3v) is 3.62. The highest BCUT2D eigenvalue weighted by atomic mass is 14.2. The van der Waals surface area contributed by atoms with Crippen LogP contribution in [0.5, 0.6) is 0 Å². The standard InChI is InChI=1S/C16H34/c1-6-8-10-16(13-14(3)4)12-11-15(5)9-7-2/h14-16H,6-13H2,1-5H3. The largest absolute Gasteiger partial charge is 0.0654 e. The van der Waals surface area contributed by atoms with Crippen LogP contribution in [0.1, 0.15) is 86.0 Å². The van der Waals surface area contributed by atoms with Gasteiger partial charge in [-0.3, -0.25) is 0 Å². The van der Waals surface area contributed by atoms with Crippen molar-refractivity contribution in [3.63, 3.8) is 0 Å². The van der Waals surface area contributed by atoms with Crippen LogP contribution in [0.3, 0.4) is 0 Å². The number of hydrogen-bond donors (Lipinski definition) is 0. The summed E-state index contributed by atoms with van der Waals surface area (Å²) in [5.41, 5.74) is 0. The van der Waals surface area contributed by atoms with Gasteiger partial charge < -0.3 is 0 Å². The predicted molar refractivity (Wildman–Crippen MR) is 75.8 cm³/mol. The topological polar surface area (TPSA) is 0 Å². The third kappa shape index (κ3) is 9.24. The Kier molecular flexibility index (Phi) is 10.2. The van der Waals surface area contributed by atoms with Gasteiger partial charge in [0.15, 0.2) is 0 Å². The Labute approximate surface area is 104 Å². The summed E-state index contributed by atoms with van der Waals surface area (Å²) in [5.74, 6) is 2.82. The lowest BCUT2D eigenvalue weighted by atomic mass is 9.86. The molecule has 0 nitrogen and oxygen atoms in total. The van der Waals surface area contributed by atoms with Gasteiger partial charge in [0.2, 0.25) is 0 Å². The third-order valence-electron chi connectivity index (χ3n) is 3.62. The van der Waals surface area contributed by atoms with Gasteiger partial charge >= 0.3 is 0 Å². The molecule has 0 N–H and O–H groups in total. The lowest BCUT2D eigenvalue weighted by Gasteiger charge is -2.20. The van der Waals surface area contributed by atoms with Crippen molar-refractivity contribution in [2.24, 2.45) is 17.8 Å². The highest BCUT2D eigenvalue weighted by Crippen LogP contribution is 2.26.